The van der Waals surface area contributed by atoms with Crippen molar-refractivity contribution in [2.24, 2.45) is 0 Å². The second-order valence-corrected chi connectivity index (χ2v) is 10.5. The molecule has 1 aliphatic carbocycles. The van der Waals surface area contributed by atoms with E-state index in [0.717, 1.165) is 5.54 Å². The first-order valence-corrected chi connectivity index (χ1v) is 8.17. The fourth-order valence-corrected chi connectivity index (χ4v) is 5.63. The minimum absolute atomic E-state index is 0.506. The lowest BCUT2D eigenvalue weighted by molar-refractivity contribution is 0.846. The molecule has 2 unspecified atom stereocenters. The Balaban J connectivity index is 2.55. The smallest absolute Gasteiger partial charge is 0.0489 e. The van der Waals surface area contributed by atoms with Crippen LogP contribution >= 0.6 is 11.6 Å². The van der Waals surface area contributed by atoms with Crippen molar-refractivity contribution >= 4 is 19.7 Å². The molecule has 2 atom stereocenters. The molecule has 10 heavy (non-hydrogen) atoms. The Labute approximate surface area is 70.0 Å². The quantitative estimate of drug-likeness (QED) is 0.424. The minimum atomic E-state index is -0.919. The molecule has 1 aliphatic rings. The van der Waals surface area contributed by atoms with Crippen LogP contribution in [0.4, 0.5) is 0 Å². The lowest BCUT2D eigenvalue weighted by Gasteiger charge is -2.27. The minimum Gasteiger partial charge on any atom is -0.123 e. The maximum absolute atomic E-state index is 6.20. The lowest BCUT2D eigenvalue weighted by atomic mass is 10.4. The Morgan fingerprint density at radius 2 is 1.80 bits per heavy atom. The summed E-state index contributed by atoms with van der Waals surface area (Å²) < 4.78 is 0. The van der Waals surface area contributed by atoms with Crippen molar-refractivity contribution in [1.82, 2.24) is 0 Å². The van der Waals surface area contributed by atoms with E-state index >= 15 is 0 Å². The van der Waals surface area contributed by atoms with Gasteiger partial charge in [-0.1, -0.05) is 32.5 Å². The third-order valence-corrected chi connectivity index (χ3v) is 6.19. The molecule has 0 aromatic rings. The molecule has 1 fully saturated rings. The monoisotopic (exact) mass is 176 g/mol. The molecule has 1 saturated carbocycles. The third kappa shape index (κ3) is 1.76. The highest BCUT2D eigenvalue weighted by molar-refractivity contribution is 6.78. The van der Waals surface area contributed by atoms with Crippen LogP contribution in [-0.2, 0) is 0 Å². The van der Waals surface area contributed by atoms with Gasteiger partial charge < -0.3 is 0 Å². The first-order chi connectivity index (χ1) is 4.52. The first kappa shape index (κ1) is 8.60. The topological polar surface area (TPSA) is 0 Å². The molecule has 0 aromatic heterocycles. The largest absolute Gasteiger partial charge is 0.123 e. The molecule has 2 heteroatoms. The van der Waals surface area contributed by atoms with Crippen molar-refractivity contribution < 1.29 is 0 Å². The molecule has 0 aliphatic heterocycles. The van der Waals surface area contributed by atoms with Crippen molar-refractivity contribution in [3.05, 3.63) is 0 Å². The summed E-state index contributed by atoms with van der Waals surface area (Å²) in [5.74, 6) is 0. The van der Waals surface area contributed by atoms with E-state index in [1.165, 1.54) is 19.3 Å². The summed E-state index contributed by atoms with van der Waals surface area (Å²) in [6, 6.07) is 0. The molecule has 0 spiro atoms. The van der Waals surface area contributed by atoms with Crippen molar-refractivity contribution in [3.63, 3.8) is 0 Å². The number of rotatable bonds is 1. The Bertz CT molecular complexity index is 117. The van der Waals surface area contributed by atoms with Gasteiger partial charge in [0.1, 0.15) is 0 Å². The summed E-state index contributed by atoms with van der Waals surface area (Å²) in [5.41, 5.74) is 0.883. The molecule has 0 saturated heterocycles. The van der Waals surface area contributed by atoms with Crippen LogP contribution < -0.4 is 0 Å². The van der Waals surface area contributed by atoms with Gasteiger partial charge in [-0.3, -0.25) is 0 Å². The normalized spacial score (nSPS) is 34.8. The summed E-state index contributed by atoms with van der Waals surface area (Å²) in [4.78, 5) is 0. The molecular weight excluding hydrogens is 160 g/mol. The van der Waals surface area contributed by atoms with Gasteiger partial charge in [0.2, 0.25) is 0 Å². The van der Waals surface area contributed by atoms with E-state index in [0.29, 0.717) is 5.38 Å². The average Bonchev–Trinajstić information content (AvgIpc) is 2.11. The highest BCUT2D eigenvalue weighted by Crippen LogP contribution is 2.41. The van der Waals surface area contributed by atoms with Gasteiger partial charge in [0, 0.05) is 13.5 Å². The van der Waals surface area contributed by atoms with Crippen LogP contribution in [0.25, 0.3) is 0 Å². The predicted octanol–water partition coefficient (Wildman–Crippen LogP) is 3.49. The van der Waals surface area contributed by atoms with E-state index < -0.39 is 8.07 Å². The fourth-order valence-electron chi connectivity index (χ4n) is 1.89. The van der Waals surface area contributed by atoms with Crippen molar-refractivity contribution in [3.8, 4) is 0 Å². The number of halogens is 1. The standard InChI is InChI=1S/C8H17ClSi/c1-10(2,3)8-6-4-5-7(8)9/h7-8H,4-6H2,1-3H3. The first-order valence-electron chi connectivity index (χ1n) is 4.16. The van der Waals surface area contributed by atoms with Crippen LogP contribution in [0.2, 0.25) is 25.2 Å². The van der Waals surface area contributed by atoms with Gasteiger partial charge in [-0.15, -0.1) is 11.6 Å². The van der Waals surface area contributed by atoms with Crippen LogP contribution in [0, 0.1) is 0 Å². The molecular formula is C8H17ClSi. The van der Waals surface area contributed by atoms with E-state index in [9.17, 15) is 0 Å². The second kappa shape index (κ2) is 2.86. The van der Waals surface area contributed by atoms with Crippen LogP contribution in [0.15, 0.2) is 0 Å². The zero-order valence-corrected chi connectivity index (χ0v) is 8.91. The Morgan fingerprint density at radius 3 is 2.00 bits per heavy atom. The maximum Gasteiger partial charge on any atom is 0.0489 e. The molecule has 0 N–H and O–H groups in total. The highest BCUT2D eigenvalue weighted by atomic mass is 35.5. The third-order valence-electron chi connectivity index (χ3n) is 2.54. The van der Waals surface area contributed by atoms with Crippen molar-refractivity contribution in [2.75, 3.05) is 0 Å². The van der Waals surface area contributed by atoms with E-state index in [2.05, 4.69) is 19.6 Å². The summed E-state index contributed by atoms with van der Waals surface area (Å²) >= 11 is 6.20. The maximum atomic E-state index is 6.20. The van der Waals surface area contributed by atoms with E-state index in [4.69, 9.17) is 11.6 Å². The molecule has 0 nitrogen and oxygen atoms in total. The number of alkyl halides is 1. The van der Waals surface area contributed by atoms with Gasteiger partial charge in [0.05, 0.1) is 0 Å². The average molecular weight is 177 g/mol. The Kier molecular flexibility index (Phi) is 2.46. The molecule has 0 bridgehead atoms. The van der Waals surface area contributed by atoms with Gasteiger partial charge in [0.15, 0.2) is 0 Å². The Morgan fingerprint density at radius 1 is 1.20 bits per heavy atom. The summed E-state index contributed by atoms with van der Waals surface area (Å²) in [5, 5.41) is 0.506. The predicted molar refractivity (Wildman–Crippen MR) is 50.6 cm³/mol. The molecule has 1 rings (SSSR count). The number of hydrogen-bond donors (Lipinski definition) is 0. The van der Waals surface area contributed by atoms with Gasteiger partial charge in [-0.05, 0) is 12.0 Å². The van der Waals surface area contributed by atoms with Crippen molar-refractivity contribution in [2.45, 2.75) is 49.8 Å². The van der Waals surface area contributed by atoms with E-state index in [-0.39, 0.29) is 0 Å². The van der Waals surface area contributed by atoms with Gasteiger partial charge in [-0.2, -0.15) is 0 Å². The number of hydrogen-bond acceptors (Lipinski definition) is 0. The van der Waals surface area contributed by atoms with Gasteiger partial charge in [-0.25, -0.2) is 0 Å². The summed E-state index contributed by atoms with van der Waals surface area (Å²) in [6.45, 7) is 7.29. The highest BCUT2D eigenvalue weighted by Gasteiger charge is 2.35. The van der Waals surface area contributed by atoms with Crippen LogP contribution in [0.1, 0.15) is 19.3 Å². The van der Waals surface area contributed by atoms with Gasteiger partial charge in [0.25, 0.3) is 0 Å². The van der Waals surface area contributed by atoms with Crippen LogP contribution in [-0.4, -0.2) is 13.5 Å². The second-order valence-electron chi connectivity index (χ2n) is 4.42. The molecule has 0 radical (unpaired) electrons. The van der Waals surface area contributed by atoms with Crippen molar-refractivity contribution in [1.29, 1.82) is 0 Å². The molecule has 0 amide bonds. The summed E-state index contributed by atoms with van der Waals surface area (Å²) in [6.07, 6.45) is 4.02. The summed E-state index contributed by atoms with van der Waals surface area (Å²) in [7, 11) is -0.919. The SMILES string of the molecule is C[Si](C)(C)C1CCCC1Cl. The van der Waals surface area contributed by atoms with Crippen LogP contribution in [0.5, 0.6) is 0 Å². The molecule has 0 heterocycles. The zero-order valence-electron chi connectivity index (χ0n) is 7.15. The Hall–Kier alpha value is 0.507. The van der Waals surface area contributed by atoms with E-state index in [1.54, 1.807) is 0 Å². The molecule has 0 aromatic carbocycles. The molecule has 60 valence electrons. The van der Waals surface area contributed by atoms with Crippen LogP contribution in [0.3, 0.4) is 0 Å². The zero-order chi connectivity index (χ0) is 7.78. The van der Waals surface area contributed by atoms with Gasteiger partial charge >= 0.3 is 0 Å². The van der Waals surface area contributed by atoms with E-state index in [1.807, 2.05) is 0 Å². The fraction of sp³-hybridized carbons (Fsp3) is 1.00. The lowest BCUT2D eigenvalue weighted by Crippen LogP contribution is -2.30.